The average molecular weight is 417 g/mol. The van der Waals surface area contributed by atoms with Crippen molar-refractivity contribution < 1.29 is 17.9 Å². The molecule has 1 heterocycles. The lowest BCUT2D eigenvalue weighted by molar-refractivity contribution is 0.0596. The van der Waals surface area contributed by atoms with Gasteiger partial charge in [-0.1, -0.05) is 50.2 Å². The third-order valence-electron chi connectivity index (χ3n) is 5.29. The predicted octanol–water partition coefficient (Wildman–Crippen LogP) is 3.10. The van der Waals surface area contributed by atoms with Gasteiger partial charge in [0.1, 0.15) is 0 Å². The standard InChI is InChI=1S/C22H28N2O4S/c1-17(2)19-10-8-18(9-11-19)16-23-12-14-24(15-13-23)29(26,27)21-7-5-4-6-20(21)22(25)28-3/h4-11,17H,12-16H2,1-3H3. The SMILES string of the molecule is COC(=O)c1ccccc1S(=O)(=O)N1CCN(Cc2ccc(C(C)C)cc2)CC1. The van der Waals surface area contributed by atoms with Gasteiger partial charge in [0.25, 0.3) is 0 Å². The molecule has 2 aromatic carbocycles. The normalized spacial score (nSPS) is 16.1. The molecule has 1 fully saturated rings. The first-order chi connectivity index (χ1) is 13.8. The lowest BCUT2D eigenvalue weighted by atomic mass is 10.0. The van der Waals surface area contributed by atoms with Gasteiger partial charge < -0.3 is 4.74 Å². The summed E-state index contributed by atoms with van der Waals surface area (Å²) < 4.78 is 32.4. The maximum Gasteiger partial charge on any atom is 0.339 e. The molecule has 1 aliphatic rings. The number of piperazine rings is 1. The largest absolute Gasteiger partial charge is 0.465 e. The Morgan fingerprint density at radius 2 is 1.62 bits per heavy atom. The van der Waals surface area contributed by atoms with E-state index in [4.69, 9.17) is 4.74 Å². The molecule has 0 aliphatic carbocycles. The quantitative estimate of drug-likeness (QED) is 0.677. The van der Waals surface area contributed by atoms with Crippen molar-refractivity contribution in [3.8, 4) is 0 Å². The highest BCUT2D eigenvalue weighted by atomic mass is 32.2. The van der Waals surface area contributed by atoms with Crippen LogP contribution in [0.15, 0.2) is 53.4 Å². The fourth-order valence-corrected chi connectivity index (χ4v) is 5.11. The molecular formula is C22H28N2O4S. The van der Waals surface area contributed by atoms with E-state index in [0.717, 1.165) is 6.54 Å². The smallest absolute Gasteiger partial charge is 0.339 e. The molecule has 0 spiro atoms. The first-order valence-electron chi connectivity index (χ1n) is 9.81. The fourth-order valence-electron chi connectivity index (χ4n) is 3.50. The average Bonchev–Trinajstić information content (AvgIpc) is 2.74. The summed E-state index contributed by atoms with van der Waals surface area (Å²) in [4.78, 5) is 14.2. The molecule has 0 N–H and O–H groups in total. The number of benzene rings is 2. The molecule has 6 nitrogen and oxygen atoms in total. The van der Waals surface area contributed by atoms with Gasteiger partial charge >= 0.3 is 5.97 Å². The van der Waals surface area contributed by atoms with Gasteiger partial charge in [-0.3, -0.25) is 4.90 Å². The highest BCUT2D eigenvalue weighted by Gasteiger charge is 2.31. The zero-order valence-corrected chi connectivity index (χ0v) is 18.0. The van der Waals surface area contributed by atoms with Crippen molar-refractivity contribution in [1.29, 1.82) is 0 Å². The first-order valence-corrected chi connectivity index (χ1v) is 11.3. The second kappa shape index (κ2) is 9.07. The number of sulfonamides is 1. The van der Waals surface area contributed by atoms with Crippen LogP contribution >= 0.6 is 0 Å². The van der Waals surface area contributed by atoms with Crippen LogP contribution in [0.25, 0.3) is 0 Å². The number of hydrogen-bond donors (Lipinski definition) is 0. The molecule has 0 atom stereocenters. The summed E-state index contributed by atoms with van der Waals surface area (Å²) in [5.41, 5.74) is 2.61. The van der Waals surface area contributed by atoms with Gasteiger partial charge in [-0.05, 0) is 29.2 Å². The molecule has 1 saturated heterocycles. The van der Waals surface area contributed by atoms with Crippen molar-refractivity contribution >= 4 is 16.0 Å². The summed E-state index contributed by atoms with van der Waals surface area (Å²) in [6.45, 7) is 7.21. The van der Waals surface area contributed by atoms with Crippen LogP contribution < -0.4 is 0 Å². The van der Waals surface area contributed by atoms with E-state index in [9.17, 15) is 13.2 Å². The van der Waals surface area contributed by atoms with Gasteiger partial charge in [-0.2, -0.15) is 4.31 Å². The number of hydrogen-bond acceptors (Lipinski definition) is 5. The Morgan fingerprint density at radius 3 is 2.21 bits per heavy atom. The van der Waals surface area contributed by atoms with E-state index in [0.29, 0.717) is 32.1 Å². The summed E-state index contributed by atoms with van der Waals surface area (Å²) in [5.74, 6) is -0.140. The summed E-state index contributed by atoms with van der Waals surface area (Å²) in [5, 5.41) is 0. The second-order valence-electron chi connectivity index (χ2n) is 7.56. The Hall–Kier alpha value is -2.22. The van der Waals surface area contributed by atoms with E-state index in [-0.39, 0.29) is 10.5 Å². The Morgan fingerprint density at radius 1 is 1.00 bits per heavy atom. The van der Waals surface area contributed by atoms with E-state index in [1.807, 2.05) is 0 Å². The molecule has 156 valence electrons. The molecule has 3 rings (SSSR count). The van der Waals surface area contributed by atoms with Crippen molar-refractivity contribution in [2.24, 2.45) is 0 Å². The Balaban J connectivity index is 1.66. The van der Waals surface area contributed by atoms with Crippen LogP contribution in [-0.2, 0) is 21.3 Å². The molecule has 29 heavy (non-hydrogen) atoms. The third-order valence-corrected chi connectivity index (χ3v) is 7.25. The number of ether oxygens (including phenoxy) is 1. The number of carbonyl (C=O) groups excluding carboxylic acids is 1. The molecule has 0 saturated carbocycles. The molecule has 1 aliphatic heterocycles. The fraction of sp³-hybridized carbons (Fsp3) is 0.409. The van der Waals surface area contributed by atoms with Crippen molar-refractivity contribution in [3.63, 3.8) is 0 Å². The maximum atomic E-state index is 13.1. The Kier molecular flexibility index (Phi) is 6.72. The minimum absolute atomic E-state index is 0.00424. The van der Waals surface area contributed by atoms with Gasteiger partial charge in [-0.25, -0.2) is 13.2 Å². The van der Waals surface area contributed by atoms with Gasteiger partial charge in [0.15, 0.2) is 0 Å². The lowest BCUT2D eigenvalue weighted by Gasteiger charge is -2.34. The summed E-state index contributed by atoms with van der Waals surface area (Å²) in [6, 6.07) is 14.8. The molecule has 7 heteroatoms. The van der Waals surface area contributed by atoms with Crippen LogP contribution in [0.4, 0.5) is 0 Å². The number of nitrogens with zero attached hydrogens (tertiary/aromatic N) is 2. The lowest BCUT2D eigenvalue weighted by Crippen LogP contribution is -2.48. The highest BCUT2D eigenvalue weighted by molar-refractivity contribution is 7.89. The van der Waals surface area contributed by atoms with Gasteiger partial charge in [0, 0.05) is 32.7 Å². The Labute approximate surface area is 173 Å². The first kappa shape index (κ1) is 21.5. The molecule has 0 radical (unpaired) electrons. The van der Waals surface area contributed by atoms with E-state index in [1.54, 1.807) is 12.1 Å². The molecule has 2 aromatic rings. The van der Waals surface area contributed by atoms with Gasteiger partial charge in [0.2, 0.25) is 10.0 Å². The van der Waals surface area contributed by atoms with Crippen LogP contribution in [0, 0.1) is 0 Å². The minimum Gasteiger partial charge on any atom is -0.465 e. The number of methoxy groups -OCH3 is 1. The molecule has 0 aromatic heterocycles. The maximum absolute atomic E-state index is 13.1. The van der Waals surface area contributed by atoms with Crippen molar-refractivity contribution in [2.75, 3.05) is 33.3 Å². The van der Waals surface area contributed by atoms with Crippen molar-refractivity contribution in [1.82, 2.24) is 9.21 Å². The van der Waals surface area contributed by atoms with Crippen molar-refractivity contribution in [2.45, 2.75) is 31.2 Å². The number of rotatable bonds is 6. The van der Waals surface area contributed by atoms with Crippen molar-refractivity contribution in [3.05, 3.63) is 65.2 Å². The topological polar surface area (TPSA) is 66.9 Å². The number of carbonyl (C=O) groups is 1. The highest BCUT2D eigenvalue weighted by Crippen LogP contribution is 2.23. The summed E-state index contributed by atoms with van der Waals surface area (Å²) in [6.07, 6.45) is 0. The van der Waals surface area contributed by atoms with E-state index in [2.05, 4.69) is 43.0 Å². The third kappa shape index (κ3) is 4.86. The molecule has 0 amide bonds. The van der Waals surface area contributed by atoms with Gasteiger partial charge in [0.05, 0.1) is 17.6 Å². The van der Waals surface area contributed by atoms with Crippen LogP contribution in [0.2, 0.25) is 0 Å². The Bertz CT molecular complexity index is 947. The molecule has 0 bridgehead atoms. The van der Waals surface area contributed by atoms with Crippen LogP contribution in [0.1, 0.15) is 41.3 Å². The van der Waals surface area contributed by atoms with Crippen LogP contribution in [-0.4, -0.2) is 56.9 Å². The summed E-state index contributed by atoms with van der Waals surface area (Å²) >= 11 is 0. The van der Waals surface area contributed by atoms with Gasteiger partial charge in [-0.15, -0.1) is 0 Å². The molecule has 0 unspecified atom stereocenters. The summed E-state index contributed by atoms with van der Waals surface area (Å²) in [7, 11) is -2.51. The van der Waals surface area contributed by atoms with Crippen LogP contribution in [0.5, 0.6) is 0 Å². The van der Waals surface area contributed by atoms with E-state index >= 15 is 0 Å². The predicted molar refractivity (Wildman–Crippen MR) is 112 cm³/mol. The monoisotopic (exact) mass is 416 g/mol. The van der Waals surface area contributed by atoms with E-state index < -0.39 is 16.0 Å². The zero-order valence-electron chi connectivity index (χ0n) is 17.2. The molecular weight excluding hydrogens is 388 g/mol. The second-order valence-corrected chi connectivity index (χ2v) is 9.47. The van der Waals surface area contributed by atoms with E-state index in [1.165, 1.54) is 34.7 Å². The minimum atomic E-state index is -3.75. The number of esters is 1. The van der Waals surface area contributed by atoms with Crippen LogP contribution in [0.3, 0.4) is 0 Å². The zero-order chi connectivity index (χ0) is 21.0.